The summed E-state index contributed by atoms with van der Waals surface area (Å²) in [6.07, 6.45) is -0.489. The van der Waals surface area contributed by atoms with Crippen molar-refractivity contribution in [3.8, 4) is 0 Å². The van der Waals surface area contributed by atoms with Crippen molar-refractivity contribution in [1.82, 2.24) is 10.6 Å². The van der Waals surface area contributed by atoms with Crippen LogP contribution in [-0.2, 0) is 19.1 Å². The molecule has 0 spiro atoms. The number of hydrogen-bond donors (Lipinski definition) is 2. The Hall–Kier alpha value is -1.14. The van der Waals surface area contributed by atoms with Crippen LogP contribution in [0.15, 0.2) is 0 Å². The van der Waals surface area contributed by atoms with Crippen LogP contribution in [0.2, 0.25) is 0 Å². The molecule has 0 aromatic heterocycles. The maximum absolute atomic E-state index is 10.8. The Morgan fingerprint density at radius 2 is 1.56 bits per heavy atom. The lowest BCUT2D eigenvalue weighted by Gasteiger charge is -2.18. The highest BCUT2D eigenvalue weighted by Gasteiger charge is 2.10. The minimum Gasteiger partial charge on any atom is -0.379 e. The van der Waals surface area contributed by atoms with E-state index in [0.717, 1.165) is 0 Å². The zero-order valence-electron chi connectivity index (χ0n) is 10.0. The van der Waals surface area contributed by atoms with E-state index in [9.17, 15) is 9.59 Å². The molecule has 0 radical (unpaired) electrons. The van der Waals surface area contributed by atoms with E-state index in [4.69, 9.17) is 9.47 Å². The third-order valence-electron chi connectivity index (χ3n) is 1.62. The van der Waals surface area contributed by atoms with Gasteiger partial charge in [-0.05, 0) is 6.92 Å². The second kappa shape index (κ2) is 9.11. The lowest BCUT2D eigenvalue weighted by molar-refractivity contribution is -0.123. The first-order valence-electron chi connectivity index (χ1n) is 5.26. The maximum Gasteiger partial charge on any atom is 0.218 e. The molecule has 0 saturated heterocycles. The van der Waals surface area contributed by atoms with Gasteiger partial charge in [-0.2, -0.15) is 0 Å². The van der Waals surface area contributed by atoms with Gasteiger partial charge >= 0.3 is 0 Å². The van der Waals surface area contributed by atoms with Crippen LogP contribution in [0.3, 0.4) is 0 Å². The Balaban J connectivity index is 3.73. The largest absolute Gasteiger partial charge is 0.379 e. The molecule has 94 valence electrons. The quantitative estimate of drug-likeness (QED) is 0.442. The smallest absolute Gasteiger partial charge is 0.218 e. The summed E-state index contributed by atoms with van der Waals surface area (Å²) in [6.45, 7) is 6.48. The molecule has 0 aliphatic carbocycles. The Kier molecular flexibility index (Phi) is 8.46. The Morgan fingerprint density at radius 1 is 1.06 bits per heavy atom. The van der Waals surface area contributed by atoms with Gasteiger partial charge in [-0.1, -0.05) is 0 Å². The zero-order valence-corrected chi connectivity index (χ0v) is 10.0. The Bertz CT molecular complexity index is 205. The van der Waals surface area contributed by atoms with Crippen molar-refractivity contribution in [3.05, 3.63) is 0 Å². The first kappa shape index (κ1) is 14.9. The molecule has 0 aliphatic heterocycles. The van der Waals surface area contributed by atoms with Crippen molar-refractivity contribution in [1.29, 1.82) is 0 Å². The highest BCUT2D eigenvalue weighted by atomic mass is 16.5. The molecule has 0 saturated carbocycles. The molecule has 16 heavy (non-hydrogen) atoms. The minimum absolute atomic E-state index is 0.216. The van der Waals surface area contributed by atoms with E-state index in [2.05, 4.69) is 10.6 Å². The fourth-order valence-corrected chi connectivity index (χ4v) is 1.07. The van der Waals surface area contributed by atoms with E-state index >= 15 is 0 Å². The third kappa shape index (κ3) is 9.42. The zero-order chi connectivity index (χ0) is 12.4. The number of ether oxygens (including phenoxy) is 2. The summed E-state index contributed by atoms with van der Waals surface area (Å²) in [5, 5.41) is 5.13. The highest BCUT2D eigenvalue weighted by molar-refractivity contribution is 5.76. The number of carbonyl (C=O) groups is 2. The topological polar surface area (TPSA) is 76.7 Å². The van der Waals surface area contributed by atoms with Crippen molar-refractivity contribution in [2.24, 2.45) is 0 Å². The number of hydrogen-bond acceptors (Lipinski definition) is 4. The van der Waals surface area contributed by atoms with Gasteiger partial charge < -0.3 is 20.1 Å². The predicted molar refractivity (Wildman–Crippen MR) is 58.7 cm³/mol. The molecule has 2 amide bonds. The average Bonchev–Trinajstić information content (AvgIpc) is 2.15. The molecule has 6 nitrogen and oxygen atoms in total. The van der Waals surface area contributed by atoms with Gasteiger partial charge in [0, 0.05) is 20.5 Å². The van der Waals surface area contributed by atoms with Gasteiger partial charge in [-0.3, -0.25) is 9.59 Å². The summed E-state index contributed by atoms with van der Waals surface area (Å²) in [5.74, 6) is -0.431. The van der Waals surface area contributed by atoms with Crippen LogP contribution >= 0.6 is 0 Å². The lowest BCUT2D eigenvalue weighted by Crippen LogP contribution is -2.49. The minimum atomic E-state index is -0.489. The molecule has 0 bridgehead atoms. The van der Waals surface area contributed by atoms with Crippen LogP contribution < -0.4 is 10.6 Å². The molecular formula is C10H20N2O4. The predicted octanol–water partition coefficient (Wildman–Crippen LogP) is -0.362. The highest BCUT2D eigenvalue weighted by Crippen LogP contribution is 1.84. The third-order valence-corrected chi connectivity index (χ3v) is 1.62. The van der Waals surface area contributed by atoms with Crippen molar-refractivity contribution in [2.75, 3.05) is 26.4 Å². The summed E-state index contributed by atoms with van der Waals surface area (Å²) in [5.41, 5.74) is 0. The maximum atomic E-state index is 10.8. The fraction of sp³-hybridized carbons (Fsp3) is 0.800. The average molecular weight is 232 g/mol. The van der Waals surface area contributed by atoms with Gasteiger partial charge in [-0.15, -0.1) is 0 Å². The van der Waals surface area contributed by atoms with E-state index in [-0.39, 0.29) is 18.4 Å². The molecular weight excluding hydrogens is 212 g/mol. The lowest BCUT2D eigenvalue weighted by atomic mass is 10.4. The summed E-state index contributed by atoms with van der Waals surface area (Å²) in [6, 6.07) is 0. The monoisotopic (exact) mass is 232 g/mol. The van der Waals surface area contributed by atoms with Crippen LogP contribution in [0.5, 0.6) is 0 Å². The second-order valence-corrected chi connectivity index (χ2v) is 3.23. The van der Waals surface area contributed by atoms with E-state index in [1.165, 1.54) is 13.8 Å². The normalized spacial score (nSPS) is 10.2. The number of nitrogens with one attached hydrogen (secondary N) is 2. The summed E-state index contributed by atoms with van der Waals surface area (Å²) < 4.78 is 10.3. The first-order chi connectivity index (χ1) is 7.56. The van der Waals surface area contributed by atoms with Crippen molar-refractivity contribution < 1.29 is 19.1 Å². The Morgan fingerprint density at radius 3 is 2.00 bits per heavy atom. The molecule has 6 heteroatoms. The molecule has 0 aliphatic rings. The van der Waals surface area contributed by atoms with Gasteiger partial charge in [0.05, 0.1) is 19.8 Å². The molecule has 0 aromatic carbocycles. The van der Waals surface area contributed by atoms with E-state index in [1.54, 1.807) is 0 Å². The van der Waals surface area contributed by atoms with Crippen LogP contribution in [-0.4, -0.2) is 44.4 Å². The van der Waals surface area contributed by atoms with Gasteiger partial charge in [-0.25, -0.2) is 0 Å². The van der Waals surface area contributed by atoms with Gasteiger partial charge in [0.15, 0.2) is 0 Å². The van der Waals surface area contributed by atoms with E-state index in [0.29, 0.717) is 19.8 Å². The van der Waals surface area contributed by atoms with Crippen molar-refractivity contribution in [3.63, 3.8) is 0 Å². The van der Waals surface area contributed by atoms with Gasteiger partial charge in [0.2, 0.25) is 11.8 Å². The van der Waals surface area contributed by atoms with Crippen LogP contribution in [0.4, 0.5) is 0 Å². The van der Waals surface area contributed by atoms with Crippen molar-refractivity contribution >= 4 is 11.8 Å². The molecule has 0 unspecified atom stereocenters. The second-order valence-electron chi connectivity index (χ2n) is 3.23. The SMILES string of the molecule is CCOCCOCC(NC(C)=O)NC(C)=O. The van der Waals surface area contributed by atoms with E-state index < -0.39 is 6.17 Å². The molecule has 2 N–H and O–H groups in total. The van der Waals surface area contributed by atoms with Gasteiger partial charge in [0.25, 0.3) is 0 Å². The standard InChI is InChI=1S/C10H20N2O4/c1-4-15-5-6-16-7-10(11-8(2)13)12-9(3)14/h10H,4-7H2,1-3H3,(H,11,13)(H,12,14). The molecule has 0 heterocycles. The number of rotatable bonds is 8. The first-order valence-corrected chi connectivity index (χ1v) is 5.26. The summed E-state index contributed by atoms with van der Waals surface area (Å²) in [7, 11) is 0. The molecule has 0 atom stereocenters. The molecule has 0 aromatic rings. The molecule has 0 fully saturated rings. The summed E-state index contributed by atoms with van der Waals surface area (Å²) >= 11 is 0. The summed E-state index contributed by atoms with van der Waals surface area (Å²) in [4.78, 5) is 21.7. The Labute approximate surface area is 95.7 Å². The fourth-order valence-electron chi connectivity index (χ4n) is 1.07. The van der Waals surface area contributed by atoms with Gasteiger partial charge in [0.1, 0.15) is 6.17 Å². The van der Waals surface area contributed by atoms with Crippen LogP contribution in [0, 0.1) is 0 Å². The number of carbonyl (C=O) groups excluding carboxylic acids is 2. The van der Waals surface area contributed by atoms with Crippen LogP contribution in [0.1, 0.15) is 20.8 Å². The van der Waals surface area contributed by atoms with E-state index in [1.807, 2.05) is 6.92 Å². The number of amides is 2. The van der Waals surface area contributed by atoms with Crippen molar-refractivity contribution in [2.45, 2.75) is 26.9 Å². The van der Waals surface area contributed by atoms with Crippen LogP contribution in [0.25, 0.3) is 0 Å². The molecule has 0 rings (SSSR count).